The van der Waals surface area contributed by atoms with Crippen molar-refractivity contribution in [3.63, 3.8) is 0 Å². The van der Waals surface area contributed by atoms with E-state index in [0.29, 0.717) is 110 Å². The third-order valence-electron chi connectivity index (χ3n) is 12.7. The van der Waals surface area contributed by atoms with Gasteiger partial charge in [-0.2, -0.15) is 0 Å². The number of rotatable bonds is 14. The zero-order chi connectivity index (χ0) is 45.5. The first-order valence-electron chi connectivity index (χ1n) is 21.8. The Morgan fingerprint density at radius 2 is 1.78 bits per heavy atom. The lowest BCUT2D eigenvalue weighted by Gasteiger charge is -2.35. The van der Waals surface area contributed by atoms with Crippen molar-refractivity contribution in [1.29, 1.82) is 0 Å². The first kappa shape index (κ1) is 43.3. The van der Waals surface area contributed by atoms with E-state index in [1.165, 1.54) is 12.1 Å². The van der Waals surface area contributed by atoms with Crippen LogP contribution in [0.15, 0.2) is 90.0 Å². The Morgan fingerprint density at radius 1 is 0.985 bits per heavy atom. The van der Waals surface area contributed by atoms with Gasteiger partial charge < -0.3 is 29.4 Å². The van der Waals surface area contributed by atoms with Crippen LogP contribution in [-0.2, 0) is 32.8 Å². The first-order valence-corrected chi connectivity index (χ1v) is 21.8. The fourth-order valence-electron chi connectivity index (χ4n) is 8.63. The SMILES string of the molecule is C=CC(C)N1CCN(c2ccc(CCC(=O)N3CCC(n4cc(CNC(=O)c5cccc(-c6nc(NC(=O)C7(c8ccc9c(c8)OC(F)(F)O9)CC7)ccc6C)c5)nn4)CC3)o2)C(=O)C1. The molecule has 65 heavy (non-hydrogen) atoms. The summed E-state index contributed by atoms with van der Waals surface area (Å²) in [5.41, 5.74) is 2.71. The van der Waals surface area contributed by atoms with Crippen molar-refractivity contribution in [2.75, 3.05) is 42.9 Å². The fourth-order valence-corrected chi connectivity index (χ4v) is 8.63. The number of hydrogen-bond acceptors (Lipinski definition) is 11. The number of halogens is 2. The van der Waals surface area contributed by atoms with Gasteiger partial charge in [-0.05, 0) is 87.1 Å². The van der Waals surface area contributed by atoms with Crippen LogP contribution >= 0.6 is 0 Å². The van der Waals surface area contributed by atoms with Gasteiger partial charge in [0.05, 0.1) is 36.4 Å². The molecule has 2 aromatic carbocycles. The van der Waals surface area contributed by atoms with Gasteiger partial charge in [0, 0.05) is 62.3 Å². The second-order valence-corrected chi connectivity index (χ2v) is 17.0. The van der Waals surface area contributed by atoms with E-state index in [1.807, 2.05) is 49.2 Å². The smallest absolute Gasteiger partial charge is 0.445 e. The molecule has 9 rings (SSSR count). The van der Waals surface area contributed by atoms with Gasteiger partial charge >= 0.3 is 6.29 Å². The van der Waals surface area contributed by atoms with E-state index in [-0.39, 0.29) is 53.8 Å². The number of piperidine rings is 1. The number of piperazine rings is 1. The quantitative estimate of drug-likeness (QED) is 0.122. The molecular weight excluding hydrogens is 841 g/mol. The highest BCUT2D eigenvalue weighted by Crippen LogP contribution is 2.52. The van der Waals surface area contributed by atoms with Gasteiger partial charge in [0.15, 0.2) is 11.5 Å². The Hall–Kier alpha value is -6.95. The largest absolute Gasteiger partial charge is 0.586 e. The summed E-state index contributed by atoms with van der Waals surface area (Å²) in [6.45, 7) is 10.6. The number of nitrogens with one attached hydrogen (secondary N) is 2. The van der Waals surface area contributed by atoms with Crippen molar-refractivity contribution >= 4 is 35.3 Å². The maximum absolute atomic E-state index is 13.6. The Bertz CT molecular complexity index is 2650. The van der Waals surface area contributed by atoms with Crippen molar-refractivity contribution in [3.8, 4) is 22.8 Å². The molecule has 3 aromatic heterocycles. The van der Waals surface area contributed by atoms with E-state index >= 15 is 0 Å². The molecule has 1 saturated carbocycles. The minimum atomic E-state index is -3.75. The van der Waals surface area contributed by atoms with Gasteiger partial charge in [0.1, 0.15) is 17.3 Å². The van der Waals surface area contributed by atoms with Crippen LogP contribution in [0.5, 0.6) is 11.5 Å². The summed E-state index contributed by atoms with van der Waals surface area (Å²) in [5, 5.41) is 14.5. The molecule has 1 atom stereocenters. The van der Waals surface area contributed by atoms with Gasteiger partial charge in [-0.15, -0.1) is 20.5 Å². The number of ether oxygens (including phenoxy) is 2. The van der Waals surface area contributed by atoms with Gasteiger partial charge in [-0.25, -0.2) is 9.67 Å². The number of furan rings is 1. The molecule has 16 nitrogen and oxygen atoms in total. The molecule has 18 heteroatoms. The first-order chi connectivity index (χ1) is 31.3. The van der Waals surface area contributed by atoms with Crippen molar-refractivity contribution in [2.45, 2.75) is 82.7 Å². The molecular formula is C47H49F2N9O7. The third kappa shape index (κ3) is 9.20. The topological polar surface area (TPSA) is 177 Å². The fraction of sp³-hybridized carbons (Fsp3) is 0.383. The van der Waals surface area contributed by atoms with Crippen LogP contribution in [-0.4, -0.2) is 98.5 Å². The number of aromatic nitrogens is 4. The highest BCUT2D eigenvalue weighted by Gasteiger charge is 2.53. The lowest BCUT2D eigenvalue weighted by molar-refractivity contribution is -0.286. The van der Waals surface area contributed by atoms with Crippen molar-refractivity contribution < 1.29 is 41.8 Å². The van der Waals surface area contributed by atoms with Gasteiger partial charge in [0.2, 0.25) is 23.6 Å². The molecule has 3 aliphatic heterocycles. The maximum Gasteiger partial charge on any atom is 0.586 e. The number of carbonyl (C=O) groups excluding carboxylic acids is 4. The van der Waals surface area contributed by atoms with Crippen LogP contribution < -0.4 is 25.0 Å². The van der Waals surface area contributed by atoms with E-state index in [0.717, 1.165) is 12.1 Å². The number of alkyl halides is 2. The Kier molecular flexibility index (Phi) is 11.7. The third-order valence-corrected chi connectivity index (χ3v) is 12.7. The Labute approximate surface area is 373 Å². The number of benzene rings is 2. The lowest BCUT2D eigenvalue weighted by Crippen LogP contribution is -2.52. The second kappa shape index (κ2) is 17.6. The lowest BCUT2D eigenvalue weighted by atomic mass is 9.94. The predicted octanol–water partition coefficient (Wildman–Crippen LogP) is 6.18. The van der Waals surface area contributed by atoms with Crippen LogP contribution in [0, 0.1) is 6.92 Å². The summed E-state index contributed by atoms with van der Waals surface area (Å²) in [5.74, 6) is 0.664. The zero-order valence-corrected chi connectivity index (χ0v) is 36.1. The van der Waals surface area contributed by atoms with Crippen LogP contribution in [0.2, 0.25) is 0 Å². The number of hydrogen-bond donors (Lipinski definition) is 2. The maximum atomic E-state index is 13.6. The standard InChI is InChI=1S/C47H49F2N9O7/c1-4-30(3)56-22-23-57(41(60)28-56)42-15-11-36(63-42)10-14-40(59)55-20-16-35(17-21-55)58-27-34(53-54-58)26-50-44(61)32-7-5-6-31(24-32)43-29(2)8-13-39(51-43)52-45(62)46(18-19-46)33-9-12-37-38(25-33)65-47(48,49)64-37/h4-9,11-13,15,24-25,27,30,35H,1,10,14,16-23,26,28H2,2-3H3,(H,50,61)(H,51,52,62). The highest BCUT2D eigenvalue weighted by molar-refractivity contribution is 6.01. The van der Waals surface area contributed by atoms with Crippen LogP contribution in [0.1, 0.15) is 78.0 Å². The number of amides is 4. The zero-order valence-electron chi connectivity index (χ0n) is 36.1. The Morgan fingerprint density at radius 3 is 2.55 bits per heavy atom. The highest BCUT2D eigenvalue weighted by atomic mass is 19.3. The minimum Gasteiger partial charge on any atom is -0.445 e. The van der Waals surface area contributed by atoms with E-state index < -0.39 is 11.7 Å². The van der Waals surface area contributed by atoms with E-state index in [9.17, 15) is 28.0 Å². The summed E-state index contributed by atoms with van der Waals surface area (Å²) in [4.78, 5) is 63.2. The molecule has 0 bridgehead atoms. The average molecular weight is 890 g/mol. The van der Waals surface area contributed by atoms with Gasteiger partial charge in [0.25, 0.3) is 5.91 Å². The number of aryl methyl sites for hydroxylation is 2. The number of carbonyl (C=O) groups is 4. The normalized spacial score (nSPS) is 18.3. The van der Waals surface area contributed by atoms with E-state index in [1.54, 1.807) is 46.0 Å². The predicted molar refractivity (Wildman–Crippen MR) is 233 cm³/mol. The summed E-state index contributed by atoms with van der Waals surface area (Å²) in [6, 6.07) is 18.8. The number of pyridine rings is 1. The summed E-state index contributed by atoms with van der Waals surface area (Å²) >= 11 is 0. The van der Waals surface area contributed by atoms with Gasteiger partial charge in [-0.1, -0.05) is 35.6 Å². The summed E-state index contributed by atoms with van der Waals surface area (Å²) in [7, 11) is 0. The minimum absolute atomic E-state index is 0.0260. The summed E-state index contributed by atoms with van der Waals surface area (Å²) < 4.78 is 44.2. The molecule has 2 saturated heterocycles. The molecule has 4 amide bonds. The number of fused-ring (bicyclic) bond motifs is 1. The van der Waals surface area contributed by atoms with E-state index in [2.05, 4.69) is 41.9 Å². The molecule has 2 N–H and O–H groups in total. The van der Waals surface area contributed by atoms with Crippen molar-refractivity contribution in [1.82, 2.24) is 35.1 Å². The number of likely N-dealkylation sites (tertiary alicyclic amines) is 1. The molecule has 4 aliphatic rings. The molecule has 1 unspecified atom stereocenters. The molecule has 1 aliphatic carbocycles. The average Bonchev–Trinajstić information content (AvgIpc) is 3.58. The van der Waals surface area contributed by atoms with Crippen LogP contribution in [0.4, 0.5) is 20.5 Å². The monoisotopic (exact) mass is 889 g/mol. The van der Waals surface area contributed by atoms with Crippen molar-refractivity contribution in [2.24, 2.45) is 0 Å². The summed E-state index contributed by atoms with van der Waals surface area (Å²) in [6.07, 6.45) is 3.11. The van der Waals surface area contributed by atoms with Gasteiger partial charge in [-0.3, -0.25) is 29.0 Å². The molecule has 0 radical (unpaired) electrons. The molecule has 5 aromatic rings. The molecule has 6 heterocycles. The van der Waals surface area contributed by atoms with Crippen molar-refractivity contribution in [3.05, 3.63) is 114 Å². The van der Waals surface area contributed by atoms with Crippen LogP contribution in [0.25, 0.3) is 11.3 Å². The van der Waals surface area contributed by atoms with Crippen LogP contribution in [0.3, 0.4) is 0 Å². The second-order valence-electron chi connectivity index (χ2n) is 17.0. The molecule has 3 fully saturated rings. The molecule has 0 spiro atoms. The number of anilines is 2. The number of nitrogens with zero attached hydrogens (tertiary/aromatic N) is 7. The van der Waals surface area contributed by atoms with E-state index in [4.69, 9.17) is 9.40 Å². The molecule has 338 valence electrons. The Balaban J connectivity index is 0.741.